The number of ether oxygens (including phenoxy) is 1. The molecule has 1 amide bonds. The summed E-state index contributed by atoms with van der Waals surface area (Å²) >= 11 is -0.896. The number of aliphatic carboxylic acids is 1. The van der Waals surface area contributed by atoms with Crippen LogP contribution >= 0.6 is 0 Å². The maximum atomic E-state index is 12.0. The molecule has 7 heteroatoms. The predicted octanol–water partition coefficient (Wildman–Crippen LogP) is 0.883. The first kappa shape index (κ1) is 15.7. The molecule has 114 valence electrons. The van der Waals surface area contributed by atoms with Crippen molar-refractivity contribution in [3.63, 3.8) is 0 Å². The number of carboxylic acids is 1. The van der Waals surface area contributed by atoms with Gasteiger partial charge in [0.1, 0.15) is 11.5 Å². The molecule has 0 spiro atoms. The standard InChI is InChI=1S/C14H17NO5S/c16-13(17)12(10-11-4-2-1-3-5-11)20-14(18)15-6-8-21(19)9-7-15/h1-5,12H,6-10H2,(H,16,17)/t12-/m0/s1. The number of carboxylic acid groups (broad SMARTS) is 1. The van der Waals surface area contributed by atoms with E-state index in [9.17, 15) is 19.2 Å². The van der Waals surface area contributed by atoms with Crippen molar-refractivity contribution in [1.29, 1.82) is 0 Å². The summed E-state index contributed by atoms with van der Waals surface area (Å²) in [7, 11) is 0. The van der Waals surface area contributed by atoms with E-state index in [4.69, 9.17) is 4.74 Å². The van der Waals surface area contributed by atoms with Gasteiger partial charge in [0.15, 0.2) is 0 Å². The molecule has 1 N–H and O–H groups in total. The molecule has 6 nitrogen and oxygen atoms in total. The molecule has 1 aromatic rings. The van der Waals surface area contributed by atoms with Crippen molar-refractivity contribution < 1.29 is 24.0 Å². The van der Waals surface area contributed by atoms with Crippen LogP contribution in [-0.4, -0.2) is 57.3 Å². The Morgan fingerprint density at radius 2 is 1.90 bits per heavy atom. The lowest BCUT2D eigenvalue weighted by molar-refractivity contribution is -0.147. The normalized spacial score (nSPS) is 17.3. The maximum Gasteiger partial charge on any atom is 0.410 e. The van der Waals surface area contributed by atoms with Gasteiger partial charge in [0.05, 0.1) is 13.1 Å². The molecule has 1 aliphatic rings. The van der Waals surface area contributed by atoms with Crippen LogP contribution in [0.1, 0.15) is 5.56 Å². The summed E-state index contributed by atoms with van der Waals surface area (Å²) in [6.45, 7) is 0.673. The fourth-order valence-electron chi connectivity index (χ4n) is 2.02. The molecule has 1 atom stereocenters. The first-order chi connectivity index (χ1) is 10.1. The molecule has 1 fully saturated rings. The van der Waals surface area contributed by atoms with Crippen molar-refractivity contribution in [2.45, 2.75) is 12.5 Å². The second-order valence-corrected chi connectivity index (χ2v) is 6.43. The van der Waals surface area contributed by atoms with Gasteiger partial charge >= 0.3 is 12.1 Å². The molecular formula is C14H17NO5S. The van der Waals surface area contributed by atoms with Gasteiger partial charge in [0.2, 0.25) is 6.10 Å². The average molecular weight is 311 g/mol. The van der Waals surface area contributed by atoms with Gasteiger partial charge in [-0.2, -0.15) is 0 Å². The van der Waals surface area contributed by atoms with E-state index in [0.717, 1.165) is 5.56 Å². The van der Waals surface area contributed by atoms with Crippen molar-refractivity contribution in [2.75, 3.05) is 24.6 Å². The fraction of sp³-hybridized carbons (Fsp3) is 0.429. The summed E-state index contributed by atoms with van der Waals surface area (Å²) in [5.41, 5.74) is 0.789. The lowest BCUT2D eigenvalue weighted by Gasteiger charge is -2.28. The molecule has 0 aliphatic carbocycles. The Labute approximate surface area is 125 Å². The van der Waals surface area contributed by atoms with Gasteiger partial charge in [-0.3, -0.25) is 4.90 Å². The Kier molecular flexibility index (Phi) is 5.46. The highest BCUT2D eigenvalue weighted by atomic mass is 32.2. The van der Waals surface area contributed by atoms with Crippen LogP contribution in [0.25, 0.3) is 0 Å². The van der Waals surface area contributed by atoms with Gasteiger partial charge in [0.25, 0.3) is 0 Å². The molecule has 0 aromatic heterocycles. The van der Waals surface area contributed by atoms with Crippen LogP contribution in [0.5, 0.6) is 0 Å². The van der Waals surface area contributed by atoms with E-state index >= 15 is 0 Å². The number of rotatable bonds is 4. The molecule has 1 aromatic carbocycles. The smallest absolute Gasteiger partial charge is 0.410 e. The lowest BCUT2D eigenvalue weighted by atomic mass is 10.1. The molecule has 1 aliphatic heterocycles. The number of carbonyl (C=O) groups excluding carboxylic acids is 1. The summed E-state index contributed by atoms with van der Waals surface area (Å²) in [6, 6.07) is 9.01. The van der Waals surface area contributed by atoms with E-state index < -0.39 is 29.3 Å². The Bertz CT molecular complexity index is 487. The van der Waals surface area contributed by atoms with Crippen LogP contribution in [0.4, 0.5) is 4.79 Å². The first-order valence-corrected chi connectivity index (χ1v) is 8.12. The van der Waals surface area contributed by atoms with Gasteiger partial charge in [-0.05, 0) is 5.56 Å². The van der Waals surface area contributed by atoms with Crippen LogP contribution in [0, 0.1) is 0 Å². The van der Waals surface area contributed by atoms with E-state index in [2.05, 4.69) is 0 Å². The highest BCUT2D eigenvalue weighted by Gasteiger charge is 2.29. The van der Waals surface area contributed by atoms with Crippen molar-refractivity contribution in [1.82, 2.24) is 4.90 Å². The molecule has 0 unspecified atom stereocenters. The first-order valence-electron chi connectivity index (χ1n) is 6.63. The van der Waals surface area contributed by atoms with Gasteiger partial charge in [-0.1, -0.05) is 41.5 Å². The summed E-state index contributed by atoms with van der Waals surface area (Å²) in [5, 5.41) is 9.18. The highest BCUT2D eigenvalue weighted by molar-refractivity contribution is 7.91. The SMILES string of the molecule is O=C(O)[C@H](Cc1ccccc1)OC(=O)N1CC[S+]([O-])CC1. The third-order valence-corrected chi connectivity index (χ3v) is 4.49. The minimum absolute atomic E-state index is 0.127. The minimum atomic E-state index is -1.22. The molecule has 21 heavy (non-hydrogen) atoms. The molecule has 0 saturated carbocycles. The van der Waals surface area contributed by atoms with E-state index in [1.165, 1.54) is 4.90 Å². The summed E-state index contributed by atoms with van der Waals surface area (Å²) < 4.78 is 16.3. The number of hydrogen-bond acceptors (Lipinski definition) is 4. The van der Waals surface area contributed by atoms with Crippen molar-refractivity contribution in [3.8, 4) is 0 Å². The van der Waals surface area contributed by atoms with Crippen molar-refractivity contribution in [2.24, 2.45) is 0 Å². The van der Waals surface area contributed by atoms with Gasteiger partial charge in [0, 0.05) is 6.42 Å². The molecule has 0 radical (unpaired) electrons. The number of carbonyl (C=O) groups is 2. The Hall–Kier alpha value is -1.73. The Balaban J connectivity index is 1.93. The molecule has 1 saturated heterocycles. The molecule has 1 heterocycles. The fourth-order valence-corrected chi connectivity index (χ4v) is 3.08. The molecular weight excluding hydrogens is 294 g/mol. The zero-order valence-electron chi connectivity index (χ0n) is 11.4. The zero-order chi connectivity index (χ0) is 15.2. The third-order valence-electron chi connectivity index (χ3n) is 3.22. The highest BCUT2D eigenvalue weighted by Crippen LogP contribution is 2.11. The monoisotopic (exact) mass is 311 g/mol. The predicted molar refractivity (Wildman–Crippen MR) is 77.5 cm³/mol. The largest absolute Gasteiger partial charge is 0.616 e. The summed E-state index contributed by atoms with van der Waals surface area (Å²) in [6.07, 6.45) is -1.75. The van der Waals surface area contributed by atoms with Crippen LogP contribution in [-0.2, 0) is 27.1 Å². The maximum absolute atomic E-state index is 12.0. The third kappa shape index (κ3) is 4.64. The topological polar surface area (TPSA) is 89.9 Å². The van der Waals surface area contributed by atoms with Crippen LogP contribution in [0.2, 0.25) is 0 Å². The van der Waals surface area contributed by atoms with E-state index in [-0.39, 0.29) is 6.42 Å². The van der Waals surface area contributed by atoms with E-state index in [1.54, 1.807) is 24.3 Å². The van der Waals surface area contributed by atoms with Crippen LogP contribution in [0.15, 0.2) is 30.3 Å². The van der Waals surface area contributed by atoms with Crippen molar-refractivity contribution >= 4 is 23.2 Å². The Morgan fingerprint density at radius 3 is 2.48 bits per heavy atom. The minimum Gasteiger partial charge on any atom is -0.616 e. The number of hydrogen-bond donors (Lipinski definition) is 1. The van der Waals surface area contributed by atoms with E-state index in [0.29, 0.717) is 24.6 Å². The molecule has 0 bridgehead atoms. The second kappa shape index (κ2) is 7.33. The van der Waals surface area contributed by atoms with Gasteiger partial charge < -0.3 is 14.4 Å². The van der Waals surface area contributed by atoms with Crippen LogP contribution in [0.3, 0.4) is 0 Å². The quantitative estimate of drug-likeness (QED) is 0.834. The summed E-state index contributed by atoms with van der Waals surface area (Å²) in [5.74, 6) is -0.357. The van der Waals surface area contributed by atoms with E-state index in [1.807, 2.05) is 6.07 Å². The average Bonchev–Trinajstić information content (AvgIpc) is 2.48. The molecule has 2 rings (SSSR count). The van der Waals surface area contributed by atoms with Gasteiger partial charge in [-0.25, -0.2) is 9.59 Å². The summed E-state index contributed by atoms with van der Waals surface area (Å²) in [4.78, 5) is 24.6. The zero-order valence-corrected chi connectivity index (χ0v) is 12.3. The Morgan fingerprint density at radius 1 is 1.29 bits per heavy atom. The van der Waals surface area contributed by atoms with Crippen molar-refractivity contribution in [3.05, 3.63) is 35.9 Å². The van der Waals surface area contributed by atoms with Gasteiger partial charge in [-0.15, -0.1) is 0 Å². The lowest BCUT2D eigenvalue weighted by Crippen LogP contribution is -2.46. The second-order valence-electron chi connectivity index (χ2n) is 4.74. The number of amides is 1. The number of nitrogens with zero attached hydrogens (tertiary/aromatic N) is 1. The number of benzene rings is 1. The van der Waals surface area contributed by atoms with Crippen LogP contribution < -0.4 is 0 Å².